The maximum atomic E-state index is 13.1. The van der Waals surface area contributed by atoms with Crippen LogP contribution < -0.4 is 5.32 Å². The number of ketones is 2. The number of allylic oxidation sites excluding steroid dienone is 1. The molecule has 212 valence electrons. The van der Waals surface area contributed by atoms with Gasteiger partial charge < -0.3 is 15.0 Å². The number of halogens is 1. The number of hydrogen-bond acceptors (Lipinski definition) is 4. The van der Waals surface area contributed by atoms with Crippen molar-refractivity contribution in [3.63, 3.8) is 0 Å². The Morgan fingerprint density at radius 1 is 1.10 bits per heavy atom. The maximum absolute atomic E-state index is 13.1. The number of aromatic nitrogens is 1. The topological polar surface area (TPSA) is 88.4 Å². The molecule has 0 radical (unpaired) electrons. The van der Waals surface area contributed by atoms with Crippen LogP contribution in [-0.4, -0.2) is 27.1 Å². The summed E-state index contributed by atoms with van der Waals surface area (Å²) >= 11 is 3.50. The van der Waals surface area contributed by atoms with Crippen LogP contribution in [0.4, 0.5) is 0 Å². The minimum Gasteiger partial charge on any atom is -0.375 e. The first kappa shape index (κ1) is 29.9. The summed E-state index contributed by atoms with van der Waals surface area (Å²) in [5, 5.41) is 15.0. The number of nitrogens with zero attached hydrogens (tertiary/aromatic N) is 1. The van der Waals surface area contributed by atoms with Crippen LogP contribution in [0.3, 0.4) is 0 Å². The van der Waals surface area contributed by atoms with E-state index < -0.39 is 11.5 Å². The van der Waals surface area contributed by atoms with Gasteiger partial charge in [-0.1, -0.05) is 72.1 Å². The second kappa shape index (κ2) is 13.6. The van der Waals surface area contributed by atoms with E-state index in [1.165, 1.54) is 19.4 Å². The van der Waals surface area contributed by atoms with E-state index in [4.69, 9.17) is 0 Å². The number of rotatable bonds is 14. The summed E-state index contributed by atoms with van der Waals surface area (Å²) in [4.78, 5) is 37.6. The van der Waals surface area contributed by atoms with Crippen LogP contribution in [0.15, 0.2) is 71.9 Å². The Hall–Kier alpha value is -3.03. The van der Waals surface area contributed by atoms with Crippen LogP contribution in [0.25, 0.3) is 10.9 Å². The fourth-order valence-corrected chi connectivity index (χ4v) is 6.23. The van der Waals surface area contributed by atoms with E-state index in [1.54, 1.807) is 6.20 Å². The third kappa shape index (κ3) is 7.58. The van der Waals surface area contributed by atoms with Crippen LogP contribution in [-0.2, 0) is 33.1 Å². The molecular formula is C33H39BrN2O4. The van der Waals surface area contributed by atoms with Gasteiger partial charge in [0.15, 0.2) is 17.2 Å². The lowest BCUT2D eigenvalue weighted by Gasteiger charge is -2.22. The van der Waals surface area contributed by atoms with Crippen molar-refractivity contribution < 1.29 is 19.5 Å². The predicted octanol–water partition coefficient (Wildman–Crippen LogP) is 6.62. The third-order valence-corrected chi connectivity index (χ3v) is 8.69. The summed E-state index contributed by atoms with van der Waals surface area (Å²) in [7, 11) is 0. The van der Waals surface area contributed by atoms with Crippen molar-refractivity contribution in [2.24, 2.45) is 11.8 Å². The van der Waals surface area contributed by atoms with Gasteiger partial charge in [-0.05, 0) is 67.9 Å². The van der Waals surface area contributed by atoms with Gasteiger partial charge in [-0.25, -0.2) is 0 Å². The number of nitrogens with one attached hydrogen (secondary N) is 1. The van der Waals surface area contributed by atoms with Crippen molar-refractivity contribution in [1.82, 2.24) is 9.88 Å². The Bertz CT molecular complexity index is 1360. The lowest BCUT2D eigenvalue weighted by Crippen LogP contribution is -2.41. The fourth-order valence-electron chi connectivity index (χ4n) is 5.87. The quantitative estimate of drug-likeness (QED) is 0.202. The minimum absolute atomic E-state index is 0.122. The zero-order valence-corrected chi connectivity index (χ0v) is 24.8. The molecule has 1 fully saturated rings. The van der Waals surface area contributed by atoms with Crippen molar-refractivity contribution in [1.29, 1.82) is 0 Å². The molecule has 1 heterocycles. The highest BCUT2D eigenvalue weighted by molar-refractivity contribution is 9.10. The lowest BCUT2D eigenvalue weighted by atomic mass is 9.94. The highest BCUT2D eigenvalue weighted by Gasteiger charge is 2.35. The van der Waals surface area contributed by atoms with Crippen LogP contribution in [0, 0.1) is 11.8 Å². The van der Waals surface area contributed by atoms with Crippen LogP contribution in [0.1, 0.15) is 69.4 Å². The molecule has 4 rings (SSSR count). The summed E-state index contributed by atoms with van der Waals surface area (Å²) in [6.07, 6.45) is 10.5. The molecule has 2 N–H and O–H groups in total. The average Bonchev–Trinajstić information content (AvgIpc) is 3.55. The summed E-state index contributed by atoms with van der Waals surface area (Å²) in [5.74, 6) is 0.983. The van der Waals surface area contributed by atoms with Gasteiger partial charge in [0, 0.05) is 46.5 Å². The summed E-state index contributed by atoms with van der Waals surface area (Å²) < 4.78 is 2.68. The number of carbonyl (C=O) groups is 3. The number of hydrogen-bond donors (Lipinski definition) is 2. The van der Waals surface area contributed by atoms with Crippen molar-refractivity contribution in [3.8, 4) is 0 Å². The monoisotopic (exact) mass is 606 g/mol. The molecule has 0 bridgehead atoms. The van der Waals surface area contributed by atoms with E-state index in [-0.39, 0.29) is 18.1 Å². The van der Waals surface area contributed by atoms with E-state index in [1.807, 2.05) is 53.1 Å². The molecule has 1 aliphatic carbocycles. The van der Waals surface area contributed by atoms with E-state index in [0.717, 1.165) is 53.0 Å². The van der Waals surface area contributed by atoms with E-state index in [2.05, 4.69) is 27.8 Å². The molecule has 40 heavy (non-hydrogen) atoms. The third-order valence-electron chi connectivity index (χ3n) is 8.20. The zero-order valence-electron chi connectivity index (χ0n) is 23.2. The molecule has 0 aliphatic heterocycles. The Balaban J connectivity index is 1.36. The maximum Gasteiger partial charge on any atom is 0.256 e. The zero-order chi connectivity index (χ0) is 28.7. The number of carbonyl (C=O) groups excluding carboxylic acids is 3. The Kier molecular flexibility index (Phi) is 10.1. The summed E-state index contributed by atoms with van der Waals surface area (Å²) in [6, 6.07) is 15.2. The first-order valence-corrected chi connectivity index (χ1v) is 15.0. The van der Waals surface area contributed by atoms with Gasteiger partial charge in [0.05, 0.1) is 6.54 Å². The number of Topliss-reactive ketones (excluding diaryl/α,β-unsaturated/α-hetero) is 1. The molecule has 2 aromatic carbocycles. The normalized spacial score (nSPS) is 18.4. The highest BCUT2D eigenvalue weighted by atomic mass is 79.9. The second-order valence-electron chi connectivity index (χ2n) is 11.3. The molecule has 1 saturated carbocycles. The molecule has 0 spiro atoms. The lowest BCUT2D eigenvalue weighted by molar-refractivity contribution is -0.139. The predicted molar refractivity (Wildman–Crippen MR) is 162 cm³/mol. The van der Waals surface area contributed by atoms with Crippen molar-refractivity contribution in [2.45, 2.75) is 77.0 Å². The van der Waals surface area contributed by atoms with Gasteiger partial charge >= 0.3 is 0 Å². The largest absolute Gasteiger partial charge is 0.375 e. The van der Waals surface area contributed by atoms with E-state index in [9.17, 15) is 19.5 Å². The molecule has 3 unspecified atom stereocenters. The number of fused-ring (bicyclic) bond motifs is 1. The fraction of sp³-hybridized carbons (Fsp3) is 0.424. The first-order chi connectivity index (χ1) is 19.2. The minimum atomic E-state index is -1.78. The van der Waals surface area contributed by atoms with Gasteiger partial charge in [0.25, 0.3) is 5.91 Å². The van der Waals surface area contributed by atoms with Gasteiger partial charge in [-0.2, -0.15) is 0 Å². The molecule has 1 amide bonds. The first-order valence-electron chi connectivity index (χ1n) is 14.2. The smallest absolute Gasteiger partial charge is 0.256 e. The standard InChI is InChI=1S/C33H39BrN2O4/c1-3-27(37)16-14-24-13-12-23(18-24)10-7-11-28(38)21-36-22-30(29-19-26(34)15-17-31(29)36)33(2,40)32(39)35-20-25-8-5-4-6-9-25/h3-6,8-9,15,17,19,22-24,40H,1,7,10-14,16,18,20-21H2,2H3,(H,35,39). The van der Waals surface area contributed by atoms with E-state index in [0.29, 0.717) is 36.8 Å². The average molecular weight is 608 g/mol. The molecule has 7 heteroatoms. The molecule has 0 saturated heterocycles. The molecule has 3 atom stereocenters. The van der Waals surface area contributed by atoms with Crippen LogP contribution in [0.5, 0.6) is 0 Å². The van der Waals surface area contributed by atoms with Gasteiger partial charge in [-0.15, -0.1) is 0 Å². The Morgan fingerprint density at radius 3 is 2.55 bits per heavy atom. The molecule has 1 aromatic heterocycles. The summed E-state index contributed by atoms with van der Waals surface area (Å²) in [5.41, 5.74) is 0.431. The summed E-state index contributed by atoms with van der Waals surface area (Å²) in [6.45, 7) is 5.55. The Morgan fingerprint density at radius 2 is 1.82 bits per heavy atom. The van der Waals surface area contributed by atoms with Gasteiger partial charge in [0.1, 0.15) is 0 Å². The molecule has 3 aromatic rings. The number of aliphatic hydroxyl groups is 1. The highest BCUT2D eigenvalue weighted by Crippen LogP contribution is 2.37. The second-order valence-corrected chi connectivity index (χ2v) is 12.2. The number of amides is 1. The van der Waals surface area contributed by atoms with Gasteiger partial charge in [0.2, 0.25) is 0 Å². The molecular weight excluding hydrogens is 568 g/mol. The van der Waals surface area contributed by atoms with Crippen molar-refractivity contribution in [2.75, 3.05) is 0 Å². The van der Waals surface area contributed by atoms with Gasteiger partial charge in [-0.3, -0.25) is 14.4 Å². The Labute approximate surface area is 245 Å². The van der Waals surface area contributed by atoms with E-state index >= 15 is 0 Å². The van der Waals surface area contributed by atoms with Crippen LogP contribution >= 0.6 is 15.9 Å². The molecule has 6 nitrogen and oxygen atoms in total. The van der Waals surface area contributed by atoms with Crippen molar-refractivity contribution in [3.05, 3.63) is 83.0 Å². The molecule has 1 aliphatic rings. The number of benzene rings is 2. The van der Waals surface area contributed by atoms with Crippen LogP contribution in [0.2, 0.25) is 0 Å². The SMILES string of the molecule is C=CC(=O)CCC1CCC(CCCC(=O)Cn2cc(C(C)(O)C(=O)NCc3ccccc3)c3cc(Br)ccc32)C1. The van der Waals surface area contributed by atoms with Crippen molar-refractivity contribution >= 4 is 44.3 Å².